The zero-order valence-corrected chi connectivity index (χ0v) is 15.7. The lowest BCUT2D eigenvalue weighted by Gasteiger charge is -2.18. The molecule has 0 radical (unpaired) electrons. The maximum atomic E-state index is 5.88. The van der Waals surface area contributed by atoms with E-state index in [-0.39, 0.29) is 24.0 Å². The molecule has 0 saturated carbocycles. The Morgan fingerprint density at radius 3 is 2.71 bits per heavy atom. The second-order valence-corrected chi connectivity index (χ2v) is 6.31. The van der Waals surface area contributed by atoms with Crippen LogP contribution in [0, 0.1) is 0 Å². The van der Waals surface area contributed by atoms with Crippen LogP contribution in [0.4, 0.5) is 0 Å². The highest BCUT2D eigenvalue weighted by Crippen LogP contribution is 2.09. The van der Waals surface area contributed by atoms with Crippen molar-refractivity contribution in [3.63, 3.8) is 0 Å². The third kappa shape index (κ3) is 8.01. The molecule has 2 heterocycles. The third-order valence-corrected chi connectivity index (χ3v) is 4.59. The van der Waals surface area contributed by atoms with Gasteiger partial charge < -0.3 is 16.0 Å². The van der Waals surface area contributed by atoms with Crippen molar-refractivity contribution >= 4 is 41.3 Å². The van der Waals surface area contributed by atoms with Crippen molar-refractivity contribution < 1.29 is 0 Å². The molecule has 3 N–H and O–H groups in total. The molecular formula is C15H27IN4S. The summed E-state index contributed by atoms with van der Waals surface area (Å²) in [4.78, 5) is 8.31. The average molecular weight is 422 g/mol. The van der Waals surface area contributed by atoms with Crippen LogP contribution >= 0.6 is 35.3 Å². The van der Waals surface area contributed by atoms with Crippen LogP contribution in [0.3, 0.4) is 0 Å². The van der Waals surface area contributed by atoms with E-state index in [0.717, 1.165) is 26.1 Å². The first-order valence-corrected chi connectivity index (χ1v) is 8.51. The second-order valence-electron chi connectivity index (χ2n) is 5.28. The van der Waals surface area contributed by atoms with Crippen molar-refractivity contribution in [3.05, 3.63) is 22.4 Å². The van der Waals surface area contributed by atoms with Gasteiger partial charge in [-0.05, 0) is 43.8 Å². The second kappa shape index (κ2) is 11.3. The largest absolute Gasteiger partial charge is 0.370 e. The summed E-state index contributed by atoms with van der Waals surface area (Å²) in [6, 6.07) is 4.23. The van der Waals surface area contributed by atoms with E-state index in [2.05, 4.69) is 32.7 Å². The number of likely N-dealkylation sites (tertiary alicyclic amines) is 1. The maximum absolute atomic E-state index is 5.88. The monoisotopic (exact) mass is 422 g/mol. The zero-order chi connectivity index (χ0) is 14.0. The van der Waals surface area contributed by atoms with Gasteiger partial charge in [0.2, 0.25) is 0 Å². The highest BCUT2D eigenvalue weighted by molar-refractivity contribution is 14.0. The van der Waals surface area contributed by atoms with Gasteiger partial charge in [-0.3, -0.25) is 4.99 Å². The van der Waals surface area contributed by atoms with Crippen LogP contribution in [0.2, 0.25) is 0 Å². The molecule has 0 unspecified atom stereocenters. The Labute approximate surface area is 149 Å². The molecule has 0 amide bonds. The number of nitrogens with two attached hydrogens (primary N) is 1. The number of halogens is 1. The summed E-state index contributed by atoms with van der Waals surface area (Å²) in [6.45, 7) is 5.15. The summed E-state index contributed by atoms with van der Waals surface area (Å²) in [5.74, 6) is 0.580. The molecular weight excluding hydrogens is 395 g/mol. The Morgan fingerprint density at radius 2 is 2.05 bits per heavy atom. The number of hydrogen-bond donors (Lipinski definition) is 2. The lowest BCUT2D eigenvalue weighted by molar-refractivity contribution is 0.293. The van der Waals surface area contributed by atoms with Gasteiger partial charge >= 0.3 is 0 Å². The molecule has 0 aromatic carbocycles. The van der Waals surface area contributed by atoms with E-state index in [1.165, 1.54) is 43.6 Å². The standard InChI is InChI=1S/C15H26N4S.HI/c16-15(17-8-7-14-6-5-13-20-14)18-9-12-19-10-3-1-2-4-11-19;/h5-6,13H,1-4,7-12H2,(H3,16,17,18);1H. The molecule has 0 atom stereocenters. The first kappa shape index (κ1) is 18.7. The van der Waals surface area contributed by atoms with Crippen LogP contribution in [-0.4, -0.2) is 43.6 Å². The summed E-state index contributed by atoms with van der Waals surface area (Å²) in [5, 5.41) is 5.29. The van der Waals surface area contributed by atoms with Crippen molar-refractivity contribution in [1.29, 1.82) is 0 Å². The van der Waals surface area contributed by atoms with Gasteiger partial charge in [0.1, 0.15) is 0 Å². The summed E-state index contributed by atoms with van der Waals surface area (Å²) in [5.41, 5.74) is 5.88. The van der Waals surface area contributed by atoms with Crippen LogP contribution in [0.5, 0.6) is 0 Å². The molecule has 0 spiro atoms. The van der Waals surface area contributed by atoms with Crippen LogP contribution in [0.15, 0.2) is 22.5 Å². The van der Waals surface area contributed by atoms with E-state index in [4.69, 9.17) is 5.73 Å². The lowest BCUT2D eigenvalue weighted by atomic mass is 10.2. The summed E-state index contributed by atoms with van der Waals surface area (Å²) in [6.07, 6.45) is 6.44. The Bertz CT molecular complexity index is 386. The molecule has 21 heavy (non-hydrogen) atoms. The minimum Gasteiger partial charge on any atom is -0.370 e. The molecule has 2 rings (SSSR count). The van der Waals surface area contributed by atoms with Crippen molar-refractivity contribution in [3.8, 4) is 0 Å². The molecule has 1 fully saturated rings. The summed E-state index contributed by atoms with van der Waals surface area (Å²) in [7, 11) is 0. The Kier molecular flexibility index (Phi) is 10.0. The quantitative estimate of drug-likeness (QED) is 0.421. The fourth-order valence-electron chi connectivity index (χ4n) is 2.50. The van der Waals surface area contributed by atoms with Crippen molar-refractivity contribution in [2.75, 3.05) is 32.7 Å². The van der Waals surface area contributed by atoms with Gasteiger partial charge in [-0.25, -0.2) is 0 Å². The van der Waals surface area contributed by atoms with Gasteiger partial charge in [-0.1, -0.05) is 18.9 Å². The van der Waals surface area contributed by atoms with Crippen LogP contribution in [-0.2, 0) is 6.42 Å². The fourth-order valence-corrected chi connectivity index (χ4v) is 3.21. The fraction of sp³-hybridized carbons (Fsp3) is 0.667. The van der Waals surface area contributed by atoms with Crippen molar-refractivity contribution in [1.82, 2.24) is 10.2 Å². The normalized spacial score (nSPS) is 17.0. The summed E-state index contributed by atoms with van der Waals surface area (Å²) >= 11 is 1.79. The van der Waals surface area contributed by atoms with Gasteiger partial charge in [0, 0.05) is 18.0 Å². The van der Waals surface area contributed by atoms with Crippen molar-refractivity contribution in [2.45, 2.75) is 32.1 Å². The Balaban J connectivity index is 0.00000220. The molecule has 0 bridgehead atoms. The predicted octanol–water partition coefficient (Wildman–Crippen LogP) is 2.69. The lowest BCUT2D eigenvalue weighted by Crippen LogP contribution is -2.34. The molecule has 1 aliphatic heterocycles. The number of aliphatic imine (C=N–C) groups is 1. The zero-order valence-electron chi connectivity index (χ0n) is 12.6. The first-order chi connectivity index (χ1) is 9.84. The first-order valence-electron chi connectivity index (χ1n) is 7.63. The Hall–Kier alpha value is -0.340. The number of hydrogen-bond acceptors (Lipinski definition) is 3. The average Bonchev–Trinajstić information content (AvgIpc) is 2.82. The Morgan fingerprint density at radius 1 is 1.29 bits per heavy atom. The SMILES string of the molecule is I.NC(=NCCN1CCCCCC1)NCCc1cccs1. The van der Waals surface area contributed by atoms with Gasteiger partial charge in [-0.15, -0.1) is 35.3 Å². The molecule has 1 aliphatic rings. The van der Waals surface area contributed by atoms with E-state index in [0.29, 0.717) is 5.96 Å². The smallest absolute Gasteiger partial charge is 0.188 e. The van der Waals surface area contributed by atoms with Crippen LogP contribution < -0.4 is 11.1 Å². The maximum Gasteiger partial charge on any atom is 0.188 e. The van der Waals surface area contributed by atoms with E-state index >= 15 is 0 Å². The molecule has 6 heteroatoms. The minimum absolute atomic E-state index is 0. The number of guanidine groups is 1. The number of thiophene rings is 1. The molecule has 4 nitrogen and oxygen atoms in total. The van der Waals surface area contributed by atoms with Gasteiger partial charge in [0.05, 0.1) is 6.54 Å². The number of nitrogens with zero attached hydrogens (tertiary/aromatic N) is 2. The topological polar surface area (TPSA) is 53.6 Å². The minimum atomic E-state index is 0. The van der Waals surface area contributed by atoms with E-state index < -0.39 is 0 Å². The molecule has 0 aliphatic carbocycles. The molecule has 1 aromatic rings. The number of rotatable bonds is 6. The molecule has 120 valence electrons. The van der Waals surface area contributed by atoms with Crippen LogP contribution in [0.25, 0.3) is 0 Å². The highest BCUT2D eigenvalue weighted by atomic mass is 127. The highest BCUT2D eigenvalue weighted by Gasteiger charge is 2.07. The molecule has 1 saturated heterocycles. The third-order valence-electron chi connectivity index (χ3n) is 3.65. The van der Waals surface area contributed by atoms with Gasteiger partial charge in [0.25, 0.3) is 0 Å². The molecule has 1 aromatic heterocycles. The number of nitrogens with one attached hydrogen (secondary N) is 1. The van der Waals surface area contributed by atoms with Crippen LogP contribution in [0.1, 0.15) is 30.6 Å². The van der Waals surface area contributed by atoms with E-state index in [1.807, 2.05) is 0 Å². The van der Waals surface area contributed by atoms with E-state index in [1.54, 1.807) is 11.3 Å². The van der Waals surface area contributed by atoms with E-state index in [9.17, 15) is 0 Å². The predicted molar refractivity (Wildman–Crippen MR) is 103 cm³/mol. The van der Waals surface area contributed by atoms with Gasteiger partial charge in [-0.2, -0.15) is 0 Å². The van der Waals surface area contributed by atoms with Crippen molar-refractivity contribution in [2.24, 2.45) is 10.7 Å². The van der Waals surface area contributed by atoms with Gasteiger partial charge in [0.15, 0.2) is 5.96 Å². The summed E-state index contributed by atoms with van der Waals surface area (Å²) < 4.78 is 0.